The van der Waals surface area contributed by atoms with Crippen molar-refractivity contribution in [1.82, 2.24) is 5.32 Å². The smallest absolute Gasteiger partial charge is 0.251 e. The minimum absolute atomic E-state index is 0.0814. The molecule has 1 aromatic rings. The minimum Gasteiger partial charge on any atom is -0.352 e. The quantitative estimate of drug-likeness (QED) is 0.825. The molecule has 1 aliphatic heterocycles. The van der Waals surface area contributed by atoms with Crippen molar-refractivity contribution in [3.8, 4) is 0 Å². The third kappa shape index (κ3) is 3.82. The summed E-state index contributed by atoms with van der Waals surface area (Å²) in [6.45, 7) is 5.27. The van der Waals surface area contributed by atoms with Gasteiger partial charge in [-0.25, -0.2) is 0 Å². The summed E-state index contributed by atoms with van der Waals surface area (Å²) in [6, 6.07) is 6.35. The SMILES string of the molecule is CC(C)CCC(Br)c1ccc2c(c1)C(=O)NCCC2. The van der Waals surface area contributed by atoms with Crippen LogP contribution in [0, 0.1) is 5.92 Å². The average Bonchev–Trinajstić information content (AvgIpc) is 2.58. The first-order valence-electron chi connectivity index (χ1n) is 7.13. The van der Waals surface area contributed by atoms with E-state index in [0.717, 1.165) is 31.4 Å². The molecule has 0 saturated heterocycles. The van der Waals surface area contributed by atoms with E-state index in [1.165, 1.54) is 17.5 Å². The van der Waals surface area contributed by atoms with Crippen LogP contribution in [-0.2, 0) is 6.42 Å². The Bertz CT molecular complexity index is 456. The van der Waals surface area contributed by atoms with Crippen LogP contribution in [-0.4, -0.2) is 12.5 Å². The van der Waals surface area contributed by atoms with Crippen LogP contribution >= 0.6 is 15.9 Å². The molecule has 2 rings (SSSR count). The molecular formula is C16H22BrNO. The van der Waals surface area contributed by atoms with Gasteiger partial charge < -0.3 is 5.32 Å². The summed E-state index contributed by atoms with van der Waals surface area (Å²) < 4.78 is 0. The molecule has 1 N–H and O–H groups in total. The van der Waals surface area contributed by atoms with E-state index in [9.17, 15) is 4.79 Å². The molecule has 1 atom stereocenters. The Morgan fingerprint density at radius 2 is 2.11 bits per heavy atom. The van der Waals surface area contributed by atoms with Gasteiger partial charge in [0.15, 0.2) is 0 Å². The molecule has 104 valence electrons. The molecule has 2 nitrogen and oxygen atoms in total. The zero-order valence-corrected chi connectivity index (χ0v) is 13.3. The first kappa shape index (κ1) is 14.6. The van der Waals surface area contributed by atoms with Gasteiger partial charge in [0.2, 0.25) is 0 Å². The number of hydrogen-bond donors (Lipinski definition) is 1. The first-order chi connectivity index (χ1) is 9.08. The molecule has 0 bridgehead atoms. The zero-order chi connectivity index (χ0) is 13.8. The van der Waals surface area contributed by atoms with Gasteiger partial charge in [0, 0.05) is 16.9 Å². The molecule has 1 aliphatic rings. The lowest BCUT2D eigenvalue weighted by Gasteiger charge is -2.14. The van der Waals surface area contributed by atoms with Crippen molar-refractivity contribution >= 4 is 21.8 Å². The summed E-state index contributed by atoms with van der Waals surface area (Å²) in [4.78, 5) is 12.4. The number of benzene rings is 1. The van der Waals surface area contributed by atoms with Gasteiger partial charge in [0.05, 0.1) is 0 Å². The van der Waals surface area contributed by atoms with Crippen molar-refractivity contribution in [3.63, 3.8) is 0 Å². The van der Waals surface area contributed by atoms with E-state index in [1.807, 2.05) is 0 Å². The van der Waals surface area contributed by atoms with Crippen molar-refractivity contribution in [2.75, 3.05) is 6.54 Å². The van der Waals surface area contributed by atoms with Gasteiger partial charge in [-0.3, -0.25) is 4.79 Å². The van der Waals surface area contributed by atoms with Crippen molar-refractivity contribution in [2.24, 2.45) is 5.92 Å². The Morgan fingerprint density at radius 3 is 2.84 bits per heavy atom. The van der Waals surface area contributed by atoms with E-state index in [1.54, 1.807) is 0 Å². The minimum atomic E-state index is 0.0814. The van der Waals surface area contributed by atoms with E-state index in [4.69, 9.17) is 0 Å². The molecule has 3 heteroatoms. The molecule has 0 radical (unpaired) electrons. The Hall–Kier alpha value is -0.830. The maximum absolute atomic E-state index is 12.0. The summed E-state index contributed by atoms with van der Waals surface area (Å²) in [5.74, 6) is 0.794. The van der Waals surface area contributed by atoms with E-state index < -0.39 is 0 Å². The predicted molar refractivity (Wildman–Crippen MR) is 82.8 cm³/mol. The average molecular weight is 324 g/mol. The van der Waals surface area contributed by atoms with Crippen LogP contribution in [0.2, 0.25) is 0 Å². The summed E-state index contributed by atoms with van der Waals surface area (Å²) in [5, 5.41) is 2.96. The highest BCUT2D eigenvalue weighted by Crippen LogP contribution is 2.31. The molecule has 19 heavy (non-hydrogen) atoms. The van der Waals surface area contributed by atoms with Crippen molar-refractivity contribution in [3.05, 3.63) is 34.9 Å². The maximum atomic E-state index is 12.0. The molecule has 1 heterocycles. The van der Waals surface area contributed by atoms with Gasteiger partial charge in [-0.2, -0.15) is 0 Å². The Labute approximate surface area is 124 Å². The molecular weight excluding hydrogens is 302 g/mol. The highest BCUT2D eigenvalue weighted by atomic mass is 79.9. The standard InChI is InChI=1S/C16H22BrNO/c1-11(2)5-8-15(17)13-7-6-12-4-3-9-18-16(19)14(12)10-13/h6-7,10-11,15H,3-5,8-9H2,1-2H3,(H,18,19). The molecule has 1 aromatic carbocycles. The van der Waals surface area contributed by atoms with Crippen LogP contribution in [0.1, 0.15) is 59.4 Å². The second-order valence-corrected chi connectivity index (χ2v) is 6.82. The fourth-order valence-electron chi connectivity index (χ4n) is 2.44. The van der Waals surface area contributed by atoms with Crippen LogP contribution in [0.15, 0.2) is 18.2 Å². The van der Waals surface area contributed by atoms with Gasteiger partial charge in [0.1, 0.15) is 0 Å². The molecule has 1 unspecified atom stereocenters. The number of carbonyl (C=O) groups excluding carboxylic acids is 1. The van der Waals surface area contributed by atoms with Crippen LogP contribution in [0.5, 0.6) is 0 Å². The molecule has 0 saturated carbocycles. The number of aryl methyl sites for hydroxylation is 1. The number of alkyl halides is 1. The number of nitrogens with one attached hydrogen (secondary N) is 1. The lowest BCUT2D eigenvalue weighted by Crippen LogP contribution is -2.22. The maximum Gasteiger partial charge on any atom is 0.251 e. The highest BCUT2D eigenvalue weighted by molar-refractivity contribution is 9.09. The summed E-state index contributed by atoms with van der Waals surface area (Å²) >= 11 is 3.75. The molecule has 0 aliphatic carbocycles. The van der Waals surface area contributed by atoms with Crippen LogP contribution in [0.4, 0.5) is 0 Å². The Balaban J connectivity index is 2.17. The molecule has 0 aromatic heterocycles. The Kier molecular flexibility index (Phi) is 5.03. The normalized spacial score (nSPS) is 16.7. The van der Waals surface area contributed by atoms with Gasteiger partial charge in [0.25, 0.3) is 5.91 Å². The third-order valence-corrected chi connectivity index (χ3v) is 4.63. The topological polar surface area (TPSA) is 29.1 Å². The highest BCUT2D eigenvalue weighted by Gasteiger charge is 2.17. The first-order valence-corrected chi connectivity index (χ1v) is 8.04. The van der Waals surface area contributed by atoms with Crippen molar-refractivity contribution < 1.29 is 4.79 Å². The van der Waals surface area contributed by atoms with Crippen LogP contribution in [0.25, 0.3) is 0 Å². The number of hydrogen-bond acceptors (Lipinski definition) is 1. The molecule has 0 spiro atoms. The number of halogens is 1. The van der Waals surface area contributed by atoms with E-state index in [2.05, 4.69) is 53.3 Å². The van der Waals surface area contributed by atoms with Crippen molar-refractivity contribution in [2.45, 2.75) is 44.4 Å². The number of rotatable bonds is 4. The predicted octanol–water partition coefficient (Wildman–Crippen LogP) is 4.23. The van der Waals surface area contributed by atoms with Crippen LogP contribution < -0.4 is 5.32 Å². The molecule has 1 amide bonds. The number of amides is 1. The molecule has 0 fully saturated rings. The second-order valence-electron chi connectivity index (χ2n) is 5.71. The van der Waals surface area contributed by atoms with E-state index in [-0.39, 0.29) is 5.91 Å². The fourth-order valence-corrected chi connectivity index (χ4v) is 2.99. The van der Waals surface area contributed by atoms with E-state index in [0.29, 0.717) is 10.7 Å². The van der Waals surface area contributed by atoms with E-state index >= 15 is 0 Å². The zero-order valence-electron chi connectivity index (χ0n) is 11.7. The summed E-state index contributed by atoms with van der Waals surface area (Å²) in [7, 11) is 0. The Morgan fingerprint density at radius 1 is 1.32 bits per heavy atom. The lowest BCUT2D eigenvalue weighted by molar-refractivity contribution is 0.0956. The van der Waals surface area contributed by atoms with Gasteiger partial charge in [-0.05, 0) is 48.8 Å². The summed E-state index contributed by atoms with van der Waals surface area (Å²) in [5.41, 5.74) is 3.27. The number of carbonyl (C=O) groups is 1. The van der Waals surface area contributed by atoms with Gasteiger partial charge in [-0.15, -0.1) is 0 Å². The fraction of sp³-hybridized carbons (Fsp3) is 0.562. The van der Waals surface area contributed by atoms with Crippen molar-refractivity contribution in [1.29, 1.82) is 0 Å². The van der Waals surface area contributed by atoms with Crippen LogP contribution in [0.3, 0.4) is 0 Å². The summed E-state index contributed by atoms with van der Waals surface area (Å²) in [6.07, 6.45) is 4.33. The van der Waals surface area contributed by atoms with Gasteiger partial charge >= 0.3 is 0 Å². The lowest BCUT2D eigenvalue weighted by atomic mass is 9.97. The monoisotopic (exact) mass is 323 g/mol. The number of fused-ring (bicyclic) bond motifs is 1. The largest absolute Gasteiger partial charge is 0.352 e. The second kappa shape index (κ2) is 6.56. The third-order valence-electron chi connectivity index (χ3n) is 3.65. The van der Waals surface area contributed by atoms with Gasteiger partial charge in [-0.1, -0.05) is 41.9 Å².